The monoisotopic (exact) mass is 212 g/mol. The first-order chi connectivity index (χ1) is 7.17. The number of carbonyl (C=O) groups excluding carboxylic acids is 1. The highest BCUT2D eigenvalue weighted by atomic mass is 16.1. The van der Waals surface area contributed by atoms with Gasteiger partial charge in [-0.1, -0.05) is 20.3 Å². The Kier molecular flexibility index (Phi) is 4.58. The molecule has 15 heavy (non-hydrogen) atoms. The predicted octanol–water partition coefficient (Wildman–Crippen LogP) is 1.67. The van der Waals surface area contributed by atoms with Crippen molar-refractivity contribution in [3.8, 4) is 0 Å². The molecule has 1 unspecified atom stereocenters. The van der Waals surface area contributed by atoms with Crippen molar-refractivity contribution in [1.82, 2.24) is 5.32 Å². The molecule has 3 nitrogen and oxygen atoms in total. The molecule has 1 amide bonds. The number of nitrogens with one attached hydrogen (secondary N) is 1. The maximum absolute atomic E-state index is 11.8. The molecule has 1 atom stereocenters. The molecule has 0 radical (unpaired) electrons. The highest BCUT2D eigenvalue weighted by molar-refractivity contribution is 5.78. The molecule has 1 aliphatic rings. The molecule has 3 N–H and O–H groups in total. The second kappa shape index (κ2) is 5.50. The number of nitrogens with two attached hydrogens (primary N) is 1. The summed E-state index contributed by atoms with van der Waals surface area (Å²) in [6, 6.07) is 0. The van der Waals surface area contributed by atoms with E-state index in [2.05, 4.69) is 19.2 Å². The molecule has 0 aromatic rings. The summed E-state index contributed by atoms with van der Waals surface area (Å²) in [7, 11) is 0. The van der Waals surface area contributed by atoms with E-state index in [0.717, 1.165) is 19.4 Å². The molecule has 0 aromatic carbocycles. The number of hydrogen-bond acceptors (Lipinski definition) is 2. The van der Waals surface area contributed by atoms with Crippen molar-refractivity contribution in [2.45, 2.75) is 46.0 Å². The van der Waals surface area contributed by atoms with Gasteiger partial charge in [-0.2, -0.15) is 0 Å². The van der Waals surface area contributed by atoms with E-state index in [9.17, 15) is 4.79 Å². The van der Waals surface area contributed by atoms with Gasteiger partial charge in [-0.15, -0.1) is 0 Å². The fraction of sp³-hybridized carbons (Fsp3) is 0.917. The Morgan fingerprint density at radius 1 is 1.47 bits per heavy atom. The van der Waals surface area contributed by atoms with Gasteiger partial charge in [-0.25, -0.2) is 0 Å². The van der Waals surface area contributed by atoms with Gasteiger partial charge in [0.05, 0.1) is 5.92 Å². The summed E-state index contributed by atoms with van der Waals surface area (Å²) in [5, 5.41) is 3.05. The summed E-state index contributed by atoms with van der Waals surface area (Å²) in [5.74, 6) is 0.168. The van der Waals surface area contributed by atoms with Crippen molar-refractivity contribution in [3.05, 3.63) is 0 Å². The molecule has 88 valence electrons. The van der Waals surface area contributed by atoms with Crippen LogP contribution in [0.2, 0.25) is 0 Å². The van der Waals surface area contributed by atoms with Crippen LogP contribution in [0.4, 0.5) is 0 Å². The van der Waals surface area contributed by atoms with Gasteiger partial charge < -0.3 is 11.1 Å². The van der Waals surface area contributed by atoms with Crippen molar-refractivity contribution in [2.24, 2.45) is 17.1 Å². The summed E-state index contributed by atoms with van der Waals surface area (Å²) in [6.07, 6.45) is 5.64. The molecular weight excluding hydrogens is 188 g/mol. The lowest BCUT2D eigenvalue weighted by Gasteiger charge is -2.17. The van der Waals surface area contributed by atoms with E-state index in [-0.39, 0.29) is 11.8 Å². The first-order valence-corrected chi connectivity index (χ1v) is 6.15. The van der Waals surface area contributed by atoms with Crippen molar-refractivity contribution in [2.75, 3.05) is 13.1 Å². The van der Waals surface area contributed by atoms with Crippen LogP contribution in [0.15, 0.2) is 0 Å². The van der Waals surface area contributed by atoms with Gasteiger partial charge in [0.1, 0.15) is 0 Å². The Balaban J connectivity index is 2.27. The summed E-state index contributed by atoms with van der Waals surface area (Å²) in [6.45, 7) is 5.61. The molecule has 1 fully saturated rings. The highest BCUT2D eigenvalue weighted by Crippen LogP contribution is 2.47. The van der Waals surface area contributed by atoms with E-state index in [1.165, 1.54) is 19.3 Å². The van der Waals surface area contributed by atoms with Gasteiger partial charge in [-0.05, 0) is 31.1 Å². The molecule has 3 heteroatoms. The largest absolute Gasteiger partial charge is 0.355 e. The first kappa shape index (κ1) is 12.5. The molecule has 0 bridgehead atoms. The Hall–Kier alpha value is -0.570. The number of hydrogen-bond donors (Lipinski definition) is 2. The Morgan fingerprint density at radius 2 is 2.13 bits per heavy atom. The lowest BCUT2D eigenvalue weighted by atomic mass is 10.0. The quantitative estimate of drug-likeness (QED) is 0.674. The van der Waals surface area contributed by atoms with E-state index in [4.69, 9.17) is 5.73 Å². The van der Waals surface area contributed by atoms with Crippen LogP contribution in [-0.4, -0.2) is 19.0 Å². The number of amides is 1. The third-order valence-corrected chi connectivity index (χ3v) is 3.64. The van der Waals surface area contributed by atoms with E-state index < -0.39 is 0 Å². The second-order valence-electron chi connectivity index (χ2n) is 4.79. The number of rotatable bonds is 7. The van der Waals surface area contributed by atoms with E-state index in [1.807, 2.05) is 0 Å². The van der Waals surface area contributed by atoms with E-state index in [1.54, 1.807) is 0 Å². The van der Waals surface area contributed by atoms with Gasteiger partial charge in [0.2, 0.25) is 5.91 Å². The second-order valence-corrected chi connectivity index (χ2v) is 4.79. The standard InChI is InChI=1S/C12H24N2O/c1-3-5-10(8-13)11(15)14-9-12(4-2)6-7-12/h10H,3-9,13H2,1-2H3,(H,14,15). The lowest BCUT2D eigenvalue weighted by molar-refractivity contribution is -0.125. The lowest BCUT2D eigenvalue weighted by Crippen LogP contribution is -2.38. The molecule has 0 heterocycles. The first-order valence-electron chi connectivity index (χ1n) is 6.15. The maximum atomic E-state index is 11.8. The molecule has 0 saturated heterocycles. The minimum atomic E-state index is 0.0163. The summed E-state index contributed by atoms with van der Waals surface area (Å²) < 4.78 is 0. The smallest absolute Gasteiger partial charge is 0.224 e. The van der Waals surface area contributed by atoms with Gasteiger partial charge in [-0.3, -0.25) is 4.79 Å². The molecule has 0 spiro atoms. The Labute approximate surface area is 92.8 Å². The SMILES string of the molecule is CCCC(CN)C(=O)NCC1(CC)CC1. The van der Waals surface area contributed by atoms with Crippen molar-refractivity contribution >= 4 is 5.91 Å². The third kappa shape index (κ3) is 3.49. The zero-order valence-corrected chi connectivity index (χ0v) is 10.0. The Bertz CT molecular complexity index is 212. The predicted molar refractivity (Wildman–Crippen MR) is 62.4 cm³/mol. The van der Waals surface area contributed by atoms with Crippen LogP contribution < -0.4 is 11.1 Å². The Morgan fingerprint density at radius 3 is 2.53 bits per heavy atom. The minimum absolute atomic E-state index is 0.0163. The third-order valence-electron chi connectivity index (χ3n) is 3.64. The van der Waals surface area contributed by atoms with Crippen LogP contribution in [0.1, 0.15) is 46.0 Å². The summed E-state index contributed by atoms with van der Waals surface area (Å²) in [4.78, 5) is 11.8. The molecular formula is C12H24N2O. The number of carbonyl (C=O) groups is 1. The normalized spacial score (nSPS) is 19.7. The zero-order valence-electron chi connectivity index (χ0n) is 10.0. The summed E-state index contributed by atoms with van der Waals surface area (Å²) in [5.41, 5.74) is 6.02. The van der Waals surface area contributed by atoms with Gasteiger partial charge in [0, 0.05) is 13.1 Å². The van der Waals surface area contributed by atoms with Gasteiger partial charge in [0.25, 0.3) is 0 Å². The average Bonchev–Trinajstić information content (AvgIpc) is 3.03. The fourth-order valence-electron chi connectivity index (χ4n) is 1.96. The van der Waals surface area contributed by atoms with E-state index >= 15 is 0 Å². The summed E-state index contributed by atoms with van der Waals surface area (Å²) >= 11 is 0. The molecule has 0 aromatic heterocycles. The van der Waals surface area contributed by atoms with Crippen LogP contribution in [0.3, 0.4) is 0 Å². The zero-order chi connectivity index (χ0) is 11.3. The molecule has 1 aliphatic carbocycles. The topological polar surface area (TPSA) is 55.1 Å². The molecule has 1 saturated carbocycles. The van der Waals surface area contributed by atoms with Crippen molar-refractivity contribution in [3.63, 3.8) is 0 Å². The maximum Gasteiger partial charge on any atom is 0.224 e. The van der Waals surface area contributed by atoms with Gasteiger partial charge >= 0.3 is 0 Å². The van der Waals surface area contributed by atoms with Crippen LogP contribution in [-0.2, 0) is 4.79 Å². The molecule has 0 aliphatic heterocycles. The van der Waals surface area contributed by atoms with Crippen LogP contribution in [0.25, 0.3) is 0 Å². The fourth-order valence-corrected chi connectivity index (χ4v) is 1.96. The van der Waals surface area contributed by atoms with Crippen LogP contribution in [0.5, 0.6) is 0 Å². The van der Waals surface area contributed by atoms with Crippen molar-refractivity contribution in [1.29, 1.82) is 0 Å². The van der Waals surface area contributed by atoms with Crippen LogP contribution >= 0.6 is 0 Å². The van der Waals surface area contributed by atoms with Gasteiger partial charge in [0.15, 0.2) is 0 Å². The molecule has 1 rings (SSSR count). The minimum Gasteiger partial charge on any atom is -0.355 e. The highest BCUT2D eigenvalue weighted by Gasteiger charge is 2.40. The average molecular weight is 212 g/mol. The van der Waals surface area contributed by atoms with Crippen molar-refractivity contribution < 1.29 is 4.79 Å². The van der Waals surface area contributed by atoms with E-state index in [0.29, 0.717) is 12.0 Å². The van der Waals surface area contributed by atoms with Crippen LogP contribution in [0, 0.1) is 11.3 Å².